The topological polar surface area (TPSA) is 77.2 Å². The van der Waals surface area contributed by atoms with Crippen LogP contribution in [0.1, 0.15) is 36.0 Å². The number of hydrogen-bond donors (Lipinski definition) is 1. The summed E-state index contributed by atoms with van der Waals surface area (Å²) in [5.74, 6) is 2.11. The molecule has 1 saturated carbocycles. The highest BCUT2D eigenvalue weighted by atomic mass is 16.5. The van der Waals surface area contributed by atoms with Gasteiger partial charge in [-0.3, -0.25) is 4.98 Å². The number of rotatable bonds is 7. The van der Waals surface area contributed by atoms with Gasteiger partial charge in [0.1, 0.15) is 12.4 Å². The summed E-state index contributed by atoms with van der Waals surface area (Å²) in [6.45, 7) is 1.28. The zero-order valence-electron chi connectivity index (χ0n) is 14.4. The molecule has 0 amide bonds. The van der Waals surface area contributed by atoms with Gasteiger partial charge in [-0.2, -0.15) is 0 Å². The number of anilines is 1. The quantitative estimate of drug-likeness (QED) is 0.837. The predicted molar refractivity (Wildman–Crippen MR) is 93.9 cm³/mol. The van der Waals surface area contributed by atoms with E-state index in [1.807, 2.05) is 24.4 Å². The van der Waals surface area contributed by atoms with E-state index < -0.39 is 0 Å². The Hall–Kier alpha value is -2.05. The number of nitrogens with two attached hydrogens (primary N) is 1. The molecule has 2 heterocycles. The molecule has 0 aromatic carbocycles. The fourth-order valence-electron chi connectivity index (χ4n) is 2.95. The lowest BCUT2D eigenvalue weighted by Crippen LogP contribution is -2.35. The van der Waals surface area contributed by atoms with Gasteiger partial charge in [0.25, 0.3) is 0 Å². The van der Waals surface area contributed by atoms with Gasteiger partial charge in [-0.05, 0) is 25.0 Å². The Balaban J connectivity index is 1.72. The maximum absolute atomic E-state index is 5.93. The average Bonchev–Trinajstić information content (AvgIpc) is 2.58. The molecule has 0 unspecified atom stereocenters. The van der Waals surface area contributed by atoms with Crippen molar-refractivity contribution in [3.8, 4) is 0 Å². The molecule has 0 radical (unpaired) electrons. The van der Waals surface area contributed by atoms with Crippen LogP contribution in [0.4, 0.5) is 5.82 Å². The zero-order chi connectivity index (χ0) is 16.9. The van der Waals surface area contributed by atoms with Crippen LogP contribution in [0, 0.1) is 0 Å². The van der Waals surface area contributed by atoms with Crippen molar-refractivity contribution < 1.29 is 4.74 Å². The summed E-state index contributed by atoms with van der Waals surface area (Å²) in [5.41, 5.74) is 8.09. The van der Waals surface area contributed by atoms with Gasteiger partial charge < -0.3 is 15.4 Å². The summed E-state index contributed by atoms with van der Waals surface area (Å²) in [6.07, 6.45) is 4.71. The number of ether oxygens (including phenoxy) is 1. The molecule has 2 aromatic heterocycles. The highest BCUT2D eigenvalue weighted by Crippen LogP contribution is 2.35. The van der Waals surface area contributed by atoms with Gasteiger partial charge in [-0.15, -0.1) is 0 Å². The highest BCUT2D eigenvalue weighted by molar-refractivity contribution is 5.40. The Labute approximate surface area is 143 Å². The van der Waals surface area contributed by atoms with Crippen LogP contribution < -0.4 is 10.6 Å². The van der Waals surface area contributed by atoms with Crippen LogP contribution >= 0.6 is 0 Å². The molecule has 0 saturated heterocycles. The van der Waals surface area contributed by atoms with Crippen molar-refractivity contribution in [3.63, 3.8) is 0 Å². The number of nitrogens with zero attached hydrogens (tertiary/aromatic N) is 4. The molecule has 0 spiro atoms. The molecular formula is C18H25N5O. The molecule has 1 fully saturated rings. The van der Waals surface area contributed by atoms with Crippen molar-refractivity contribution in [2.24, 2.45) is 5.73 Å². The van der Waals surface area contributed by atoms with Crippen molar-refractivity contribution in [1.82, 2.24) is 15.0 Å². The fraction of sp³-hybridized carbons (Fsp3) is 0.500. The van der Waals surface area contributed by atoms with Gasteiger partial charge in [0.05, 0.1) is 0 Å². The third kappa shape index (κ3) is 4.07. The average molecular weight is 327 g/mol. The summed E-state index contributed by atoms with van der Waals surface area (Å²) in [4.78, 5) is 15.8. The van der Waals surface area contributed by atoms with Gasteiger partial charge >= 0.3 is 0 Å². The number of hydrogen-bond acceptors (Lipinski definition) is 6. The SMILES string of the molecule is COCc1nc(C2CC(N)C2)cc(N(C)CCc2ccccn2)n1. The molecule has 3 rings (SSSR count). The van der Waals surface area contributed by atoms with E-state index in [1.165, 1.54) is 0 Å². The van der Waals surface area contributed by atoms with Crippen LogP contribution in [0.5, 0.6) is 0 Å². The molecule has 24 heavy (non-hydrogen) atoms. The summed E-state index contributed by atoms with van der Waals surface area (Å²) < 4.78 is 5.22. The lowest BCUT2D eigenvalue weighted by Gasteiger charge is -2.32. The Kier molecular flexibility index (Phi) is 5.37. The van der Waals surface area contributed by atoms with E-state index in [0.717, 1.165) is 48.8 Å². The lowest BCUT2D eigenvalue weighted by atomic mass is 9.78. The molecule has 2 aromatic rings. The summed E-state index contributed by atoms with van der Waals surface area (Å²) >= 11 is 0. The van der Waals surface area contributed by atoms with Crippen LogP contribution in [0.15, 0.2) is 30.5 Å². The van der Waals surface area contributed by atoms with Gasteiger partial charge in [-0.25, -0.2) is 9.97 Å². The number of methoxy groups -OCH3 is 1. The summed E-state index contributed by atoms with van der Waals surface area (Å²) in [6, 6.07) is 8.40. The number of pyridine rings is 1. The first kappa shape index (κ1) is 16.8. The van der Waals surface area contributed by atoms with E-state index in [-0.39, 0.29) is 0 Å². The predicted octanol–water partition coefficient (Wildman–Crippen LogP) is 1.90. The number of likely N-dealkylation sites (N-methyl/N-ethyl adjacent to an activating group) is 1. The van der Waals surface area contributed by atoms with Crippen molar-refractivity contribution >= 4 is 5.82 Å². The normalized spacial score (nSPS) is 19.8. The molecule has 1 aliphatic carbocycles. The second-order valence-corrected chi connectivity index (χ2v) is 6.42. The fourth-order valence-corrected chi connectivity index (χ4v) is 2.95. The molecule has 0 bridgehead atoms. The molecule has 2 N–H and O–H groups in total. The van der Waals surface area contributed by atoms with E-state index in [0.29, 0.717) is 18.6 Å². The third-order valence-corrected chi connectivity index (χ3v) is 4.47. The minimum Gasteiger partial charge on any atom is -0.377 e. The first-order valence-electron chi connectivity index (χ1n) is 8.39. The minimum atomic E-state index is 0.307. The second kappa shape index (κ2) is 7.68. The van der Waals surface area contributed by atoms with E-state index in [1.54, 1.807) is 7.11 Å². The van der Waals surface area contributed by atoms with Crippen molar-refractivity contribution in [3.05, 3.63) is 47.7 Å². The Morgan fingerprint density at radius 3 is 2.79 bits per heavy atom. The Morgan fingerprint density at radius 2 is 2.12 bits per heavy atom. The lowest BCUT2D eigenvalue weighted by molar-refractivity contribution is 0.177. The van der Waals surface area contributed by atoms with Crippen molar-refractivity contribution in [2.45, 2.75) is 37.8 Å². The van der Waals surface area contributed by atoms with Crippen LogP contribution in [0.2, 0.25) is 0 Å². The van der Waals surface area contributed by atoms with Gasteiger partial charge in [0.15, 0.2) is 5.82 Å². The zero-order valence-corrected chi connectivity index (χ0v) is 14.4. The van der Waals surface area contributed by atoms with E-state index >= 15 is 0 Å². The highest BCUT2D eigenvalue weighted by Gasteiger charge is 2.29. The Morgan fingerprint density at radius 1 is 1.29 bits per heavy atom. The largest absolute Gasteiger partial charge is 0.377 e. The standard InChI is InChI=1S/C18H25N5O/c1-23(8-6-15-5-3-4-7-20-15)18-11-16(13-9-14(19)10-13)21-17(22-18)12-24-2/h3-5,7,11,13-14H,6,8-10,12,19H2,1-2H3. The second-order valence-electron chi connectivity index (χ2n) is 6.42. The van der Waals surface area contributed by atoms with E-state index in [2.05, 4.69) is 33.0 Å². The molecule has 128 valence electrons. The molecule has 6 nitrogen and oxygen atoms in total. The van der Waals surface area contributed by atoms with Gasteiger partial charge in [-0.1, -0.05) is 6.07 Å². The molecule has 6 heteroatoms. The first-order chi connectivity index (χ1) is 11.7. The van der Waals surface area contributed by atoms with Crippen molar-refractivity contribution in [2.75, 3.05) is 25.6 Å². The van der Waals surface area contributed by atoms with Crippen LogP contribution in [0.25, 0.3) is 0 Å². The van der Waals surface area contributed by atoms with Gasteiger partial charge in [0, 0.05) is 62.7 Å². The van der Waals surface area contributed by atoms with E-state index in [9.17, 15) is 0 Å². The van der Waals surface area contributed by atoms with Gasteiger partial charge in [0.2, 0.25) is 0 Å². The van der Waals surface area contributed by atoms with Crippen LogP contribution in [0.3, 0.4) is 0 Å². The third-order valence-electron chi connectivity index (χ3n) is 4.47. The molecule has 0 aliphatic heterocycles. The maximum atomic E-state index is 5.93. The molecule has 1 aliphatic rings. The summed E-state index contributed by atoms with van der Waals surface area (Å²) in [5, 5.41) is 0. The summed E-state index contributed by atoms with van der Waals surface area (Å²) in [7, 11) is 3.72. The van der Waals surface area contributed by atoms with E-state index in [4.69, 9.17) is 10.5 Å². The Bertz CT molecular complexity index is 658. The minimum absolute atomic E-state index is 0.307. The number of aromatic nitrogens is 3. The molecule has 0 atom stereocenters. The maximum Gasteiger partial charge on any atom is 0.156 e. The monoisotopic (exact) mass is 327 g/mol. The van der Waals surface area contributed by atoms with Crippen molar-refractivity contribution in [1.29, 1.82) is 0 Å². The first-order valence-corrected chi connectivity index (χ1v) is 8.39. The van der Waals surface area contributed by atoms with Crippen LogP contribution in [-0.4, -0.2) is 41.7 Å². The van der Waals surface area contributed by atoms with Crippen LogP contribution in [-0.2, 0) is 17.8 Å². The smallest absolute Gasteiger partial charge is 0.156 e. The molecular weight excluding hydrogens is 302 g/mol.